The molecule has 5 heteroatoms. The molecular formula is C20H19N3O2. The van der Waals surface area contributed by atoms with Gasteiger partial charge in [-0.25, -0.2) is 9.97 Å². The zero-order chi connectivity index (χ0) is 17.2. The maximum absolute atomic E-state index is 12.0. The Morgan fingerprint density at radius 3 is 2.84 bits per heavy atom. The smallest absolute Gasteiger partial charge is 0.306 e. The lowest BCUT2D eigenvalue weighted by Gasteiger charge is -2.20. The van der Waals surface area contributed by atoms with Crippen LogP contribution >= 0.6 is 0 Å². The number of hydrogen-bond donors (Lipinski definition) is 0. The van der Waals surface area contributed by atoms with E-state index in [1.165, 1.54) is 5.56 Å². The molecule has 0 bridgehead atoms. The van der Waals surface area contributed by atoms with Gasteiger partial charge in [0.25, 0.3) is 0 Å². The van der Waals surface area contributed by atoms with Gasteiger partial charge < -0.3 is 9.64 Å². The zero-order valence-corrected chi connectivity index (χ0v) is 14.1. The number of carbonyl (C=O) groups excluding carboxylic acids is 1. The minimum atomic E-state index is -0.156. The molecule has 0 spiro atoms. The topological polar surface area (TPSA) is 55.3 Å². The monoisotopic (exact) mass is 333 g/mol. The molecule has 0 saturated heterocycles. The summed E-state index contributed by atoms with van der Waals surface area (Å²) in [6, 6.07) is 16.2. The number of hydrogen-bond acceptors (Lipinski definition) is 5. The minimum Gasteiger partial charge on any atom is -0.466 e. The van der Waals surface area contributed by atoms with Crippen LogP contribution < -0.4 is 4.90 Å². The van der Waals surface area contributed by atoms with Crippen molar-refractivity contribution >= 4 is 28.4 Å². The van der Waals surface area contributed by atoms with Crippen molar-refractivity contribution in [3.8, 4) is 0 Å². The van der Waals surface area contributed by atoms with E-state index in [0.717, 1.165) is 22.4 Å². The Kier molecular flexibility index (Phi) is 4.06. The molecule has 1 aromatic heterocycles. The van der Waals surface area contributed by atoms with Crippen molar-refractivity contribution in [3.05, 3.63) is 60.4 Å². The molecule has 1 aliphatic heterocycles. The summed E-state index contributed by atoms with van der Waals surface area (Å²) >= 11 is 0. The lowest BCUT2D eigenvalue weighted by atomic mass is 9.98. The lowest BCUT2D eigenvalue weighted by Crippen LogP contribution is -2.19. The number of aromatic nitrogens is 2. The second-order valence-corrected chi connectivity index (χ2v) is 6.09. The van der Waals surface area contributed by atoms with Gasteiger partial charge in [-0.2, -0.15) is 0 Å². The summed E-state index contributed by atoms with van der Waals surface area (Å²) in [4.78, 5) is 23.1. The summed E-state index contributed by atoms with van der Waals surface area (Å²) in [5, 5.41) is 1.01. The lowest BCUT2D eigenvalue weighted by molar-refractivity contribution is -0.143. The van der Waals surface area contributed by atoms with Crippen molar-refractivity contribution < 1.29 is 9.53 Å². The Labute approximate surface area is 146 Å². The van der Waals surface area contributed by atoms with Crippen molar-refractivity contribution in [2.75, 3.05) is 18.1 Å². The summed E-state index contributed by atoms with van der Waals surface area (Å²) in [7, 11) is 0. The van der Waals surface area contributed by atoms with Crippen LogP contribution in [0.25, 0.3) is 10.9 Å². The number of rotatable bonds is 4. The number of anilines is 2. The van der Waals surface area contributed by atoms with E-state index in [1.807, 2.05) is 43.3 Å². The highest BCUT2D eigenvalue weighted by Crippen LogP contribution is 2.43. The van der Waals surface area contributed by atoms with Crippen LogP contribution in [0.4, 0.5) is 11.5 Å². The first-order valence-electron chi connectivity index (χ1n) is 8.49. The number of esters is 1. The molecule has 25 heavy (non-hydrogen) atoms. The number of carbonyl (C=O) groups is 1. The Balaban J connectivity index is 1.75. The van der Waals surface area contributed by atoms with Gasteiger partial charge in [0.1, 0.15) is 12.1 Å². The molecule has 0 N–H and O–H groups in total. The molecule has 0 aliphatic carbocycles. The van der Waals surface area contributed by atoms with Gasteiger partial charge in [-0.3, -0.25) is 4.79 Å². The quantitative estimate of drug-likeness (QED) is 0.679. The van der Waals surface area contributed by atoms with E-state index < -0.39 is 0 Å². The molecule has 2 aromatic carbocycles. The third-order valence-corrected chi connectivity index (χ3v) is 4.57. The molecule has 3 aromatic rings. The number of benzene rings is 2. The predicted molar refractivity (Wildman–Crippen MR) is 97.0 cm³/mol. The van der Waals surface area contributed by atoms with Crippen LogP contribution in [-0.4, -0.2) is 29.1 Å². The van der Waals surface area contributed by atoms with Gasteiger partial charge in [-0.15, -0.1) is 0 Å². The summed E-state index contributed by atoms with van der Waals surface area (Å²) in [6.07, 6.45) is 1.98. The first kappa shape index (κ1) is 15.6. The van der Waals surface area contributed by atoms with E-state index in [0.29, 0.717) is 19.6 Å². The molecule has 126 valence electrons. The van der Waals surface area contributed by atoms with E-state index >= 15 is 0 Å². The summed E-state index contributed by atoms with van der Waals surface area (Å²) < 4.78 is 5.15. The van der Waals surface area contributed by atoms with Crippen LogP contribution in [-0.2, 0) is 9.53 Å². The van der Waals surface area contributed by atoms with E-state index in [1.54, 1.807) is 6.33 Å². The molecule has 0 saturated carbocycles. The fourth-order valence-corrected chi connectivity index (χ4v) is 3.50. The van der Waals surface area contributed by atoms with Crippen molar-refractivity contribution in [2.24, 2.45) is 0 Å². The van der Waals surface area contributed by atoms with Gasteiger partial charge in [0, 0.05) is 23.5 Å². The van der Waals surface area contributed by atoms with Crippen LogP contribution in [0.2, 0.25) is 0 Å². The second-order valence-electron chi connectivity index (χ2n) is 6.09. The van der Waals surface area contributed by atoms with Crippen molar-refractivity contribution in [1.29, 1.82) is 0 Å². The van der Waals surface area contributed by atoms with Crippen LogP contribution in [0.3, 0.4) is 0 Å². The number of nitrogens with zero attached hydrogens (tertiary/aromatic N) is 3. The number of ether oxygens (including phenoxy) is 1. The highest BCUT2D eigenvalue weighted by Gasteiger charge is 2.32. The predicted octanol–water partition coefficient (Wildman–Crippen LogP) is 3.82. The molecule has 0 amide bonds. The van der Waals surface area contributed by atoms with E-state index in [9.17, 15) is 4.79 Å². The van der Waals surface area contributed by atoms with Gasteiger partial charge >= 0.3 is 5.97 Å². The number of fused-ring (bicyclic) bond motifs is 2. The molecular weight excluding hydrogens is 314 g/mol. The summed E-state index contributed by atoms with van der Waals surface area (Å²) in [5.41, 5.74) is 3.18. The molecule has 2 heterocycles. The van der Waals surface area contributed by atoms with Crippen LogP contribution in [0.15, 0.2) is 54.9 Å². The number of para-hydroxylation sites is 2. The first-order valence-corrected chi connectivity index (χ1v) is 8.49. The maximum atomic E-state index is 12.0. The average molecular weight is 333 g/mol. The third kappa shape index (κ3) is 2.82. The normalized spacial score (nSPS) is 16.0. The van der Waals surface area contributed by atoms with Crippen molar-refractivity contribution in [3.63, 3.8) is 0 Å². The first-order chi connectivity index (χ1) is 12.3. The van der Waals surface area contributed by atoms with Crippen molar-refractivity contribution in [2.45, 2.75) is 19.3 Å². The highest BCUT2D eigenvalue weighted by atomic mass is 16.5. The third-order valence-electron chi connectivity index (χ3n) is 4.57. The Bertz CT molecular complexity index is 920. The maximum Gasteiger partial charge on any atom is 0.306 e. The van der Waals surface area contributed by atoms with Crippen LogP contribution in [0, 0.1) is 0 Å². The zero-order valence-electron chi connectivity index (χ0n) is 14.1. The standard InChI is InChI=1S/C20H19N3O2/c1-2-25-19(24)11-14-12-23(18-10-6-4-7-15(14)18)20-16-8-3-5-9-17(16)21-13-22-20/h3-10,13-14H,2,11-12H2,1H3. The molecule has 1 aliphatic rings. The molecule has 1 atom stereocenters. The van der Waals surface area contributed by atoms with Gasteiger partial charge in [0.05, 0.1) is 18.5 Å². The van der Waals surface area contributed by atoms with Crippen LogP contribution in [0.1, 0.15) is 24.8 Å². The minimum absolute atomic E-state index is 0.101. The van der Waals surface area contributed by atoms with E-state index in [2.05, 4.69) is 27.0 Å². The molecule has 0 fully saturated rings. The molecule has 0 radical (unpaired) electrons. The molecule has 4 rings (SSSR count). The van der Waals surface area contributed by atoms with Crippen LogP contribution in [0.5, 0.6) is 0 Å². The van der Waals surface area contributed by atoms with Crippen molar-refractivity contribution in [1.82, 2.24) is 9.97 Å². The van der Waals surface area contributed by atoms with E-state index in [-0.39, 0.29) is 11.9 Å². The molecule has 5 nitrogen and oxygen atoms in total. The SMILES string of the molecule is CCOC(=O)CC1CN(c2ncnc3ccccc23)c2ccccc21. The second kappa shape index (κ2) is 6.51. The fraction of sp³-hybridized carbons (Fsp3) is 0.250. The van der Waals surface area contributed by atoms with Gasteiger partial charge in [-0.05, 0) is 30.7 Å². The fourth-order valence-electron chi connectivity index (χ4n) is 3.50. The largest absolute Gasteiger partial charge is 0.466 e. The average Bonchev–Trinajstić information content (AvgIpc) is 3.00. The Morgan fingerprint density at radius 2 is 1.96 bits per heavy atom. The van der Waals surface area contributed by atoms with Gasteiger partial charge in [-0.1, -0.05) is 30.3 Å². The van der Waals surface area contributed by atoms with E-state index in [4.69, 9.17) is 4.74 Å². The van der Waals surface area contributed by atoms with Gasteiger partial charge in [0.2, 0.25) is 0 Å². The Hall–Kier alpha value is -2.95. The summed E-state index contributed by atoms with van der Waals surface area (Å²) in [6.45, 7) is 2.95. The Morgan fingerprint density at radius 1 is 1.16 bits per heavy atom. The molecule has 1 unspecified atom stereocenters. The van der Waals surface area contributed by atoms with Gasteiger partial charge in [0.15, 0.2) is 0 Å². The highest BCUT2D eigenvalue weighted by molar-refractivity contribution is 5.92. The summed E-state index contributed by atoms with van der Waals surface area (Å²) in [5.74, 6) is 0.824.